The standard InChI is InChI=1S/C3HN3O.2Na/c4-1-3(2-5)6-7;;/h7H;;. The van der Waals surface area contributed by atoms with Crippen LogP contribution in [-0.4, -0.2) is 70.0 Å². The smallest absolute Gasteiger partial charge is 0.255 e. The van der Waals surface area contributed by atoms with Gasteiger partial charge in [-0.2, -0.15) is 10.5 Å². The molecule has 0 aromatic heterocycles. The van der Waals surface area contributed by atoms with E-state index in [1.165, 1.54) is 12.1 Å². The Balaban J connectivity index is -0.000000180. The summed E-state index contributed by atoms with van der Waals surface area (Å²) in [7, 11) is 0. The zero-order chi connectivity index (χ0) is 5.70. The molecule has 0 aromatic rings. The summed E-state index contributed by atoms with van der Waals surface area (Å²) in [5.41, 5.74) is -0.528. The maximum Gasteiger partial charge on any atom is 0.255 e. The van der Waals surface area contributed by atoms with Gasteiger partial charge in [0.2, 0.25) is 0 Å². The second-order valence-electron chi connectivity index (χ2n) is 0.672. The summed E-state index contributed by atoms with van der Waals surface area (Å²) >= 11 is 0. The molecule has 0 aliphatic carbocycles. The van der Waals surface area contributed by atoms with Crippen LogP contribution in [0.4, 0.5) is 0 Å². The molecule has 0 amide bonds. The van der Waals surface area contributed by atoms with Crippen LogP contribution in [0.3, 0.4) is 0 Å². The fourth-order valence-corrected chi connectivity index (χ4v) is 0.0697. The van der Waals surface area contributed by atoms with Crippen molar-refractivity contribution >= 4 is 64.8 Å². The van der Waals surface area contributed by atoms with Crippen molar-refractivity contribution in [2.75, 3.05) is 0 Å². The molecule has 0 heterocycles. The summed E-state index contributed by atoms with van der Waals surface area (Å²) in [5, 5.41) is 25.5. The van der Waals surface area contributed by atoms with E-state index in [4.69, 9.17) is 15.7 Å². The summed E-state index contributed by atoms with van der Waals surface area (Å²) in [6, 6.07) is 2.68. The van der Waals surface area contributed by atoms with Crippen LogP contribution in [0.1, 0.15) is 0 Å². The third-order valence-electron chi connectivity index (χ3n) is 0.312. The molecule has 0 rings (SSSR count). The Bertz CT molecular complexity index is 149. The zero-order valence-corrected chi connectivity index (χ0v) is 9.29. The SMILES string of the molecule is N#CC(C#N)=NO.[Na].[Na]. The van der Waals surface area contributed by atoms with Crippen LogP contribution in [0.2, 0.25) is 0 Å². The summed E-state index contributed by atoms with van der Waals surface area (Å²) in [6.07, 6.45) is 0. The molecule has 0 saturated heterocycles. The molecule has 0 saturated carbocycles. The molecule has 0 unspecified atom stereocenters. The van der Waals surface area contributed by atoms with Crippen LogP contribution in [0.5, 0.6) is 0 Å². The average Bonchev–Trinajstić information content (AvgIpc) is 1.72. The maximum absolute atomic E-state index is 7.76. The number of nitrogens with zero attached hydrogens (tertiary/aromatic N) is 3. The van der Waals surface area contributed by atoms with Crippen LogP contribution in [0.15, 0.2) is 5.16 Å². The summed E-state index contributed by atoms with van der Waals surface area (Å²) in [5.74, 6) is 0. The van der Waals surface area contributed by atoms with Crippen LogP contribution in [0, 0.1) is 22.7 Å². The van der Waals surface area contributed by atoms with Gasteiger partial charge in [-0.15, -0.1) is 0 Å². The van der Waals surface area contributed by atoms with E-state index in [1.807, 2.05) is 0 Å². The summed E-state index contributed by atoms with van der Waals surface area (Å²) in [6.45, 7) is 0. The van der Waals surface area contributed by atoms with E-state index < -0.39 is 5.71 Å². The van der Waals surface area contributed by atoms with Crippen LogP contribution in [-0.2, 0) is 0 Å². The van der Waals surface area contributed by atoms with E-state index >= 15 is 0 Å². The van der Waals surface area contributed by atoms with Gasteiger partial charge < -0.3 is 5.21 Å². The van der Waals surface area contributed by atoms with Gasteiger partial charge in [-0.3, -0.25) is 0 Å². The minimum absolute atomic E-state index is 0. The van der Waals surface area contributed by atoms with E-state index in [1.54, 1.807) is 0 Å². The minimum Gasteiger partial charge on any atom is -0.409 e. The van der Waals surface area contributed by atoms with Crippen molar-refractivity contribution in [3.63, 3.8) is 0 Å². The summed E-state index contributed by atoms with van der Waals surface area (Å²) in [4.78, 5) is 0. The summed E-state index contributed by atoms with van der Waals surface area (Å²) < 4.78 is 0. The van der Waals surface area contributed by atoms with Gasteiger partial charge in [0.05, 0.1) is 0 Å². The molecule has 0 aromatic carbocycles. The largest absolute Gasteiger partial charge is 0.409 e. The molecule has 0 spiro atoms. The van der Waals surface area contributed by atoms with Crippen LogP contribution in [0.25, 0.3) is 0 Å². The first kappa shape index (κ1) is 16.2. The number of oxime groups is 1. The Labute approximate surface area is 96.7 Å². The van der Waals surface area contributed by atoms with Crippen molar-refractivity contribution in [3.05, 3.63) is 0 Å². The number of hydrogen-bond acceptors (Lipinski definition) is 4. The predicted octanol–water partition coefficient (Wildman–Crippen LogP) is -0.898. The third kappa shape index (κ3) is 8.45. The van der Waals surface area contributed by atoms with Crippen molar-refractivity contribution in [1.82, 2.24) is 0 Å². The molecule has 2 radical (unpaired) electrons. The molecule has 0 aliphatic heterocycles. The Morgan fingerprint density at radius 3 is 1.56 bits per heavy atom. The van der Waals surface area contributed by atoms with Gasteiger partial charge in [0.25, 0.3) is 5.71 Å². The molecule has 0 fully saturated rings. The Hall–Kier alpha value is 0.450. The Morgan fingerprint density at radius 2 is 1.56 bits per heavy atom. The van der Waals surface area contributed by atoms with Crippen molar-refractivity contribution in [2.45, 2.75) is 0 Å². The Kier molecular flexibility index (Phi) is 20.3. The number of hydrogen-bond donors (Lipinski definition) is 1. The predicted molar refractivity (Wildman–Crippen MR) is 32.0 cm³/mol. The van der Waals surface area contributed by atoms with Gasteiger partial charge in [-0.05, 0) is 0 Å². The topological polar surface area (TPSA) is 80.2 Å². The molecular formula is C3HN3Na2O. The van der Waals surface area contributed by atoms with E-state index in [0.717, 1.165) is 0 Å². The van der Waals surface area contributed by atoms with E-state index in [2.05, 4.69) is 5.16 Å². The van der Waals surface area contributed by atoms with Crippen molar-refractivity contribution in [2.24, 2.45) is 5.16 Å². The second-order valence-corrected chi connectivity index (χ2v) is 0.672. The number of nitriles is 2. The van der Waals surface area contributed by atoms with Crippen molar-refractivity contribution in [3.8, 4) is 12.1 Å². The minimum atomic E-state index is -0.528. The molecule has 4 nitrogen and oxygen atoms in total. The molecule has 36 valence electrons. The zero-order valence-electron chi connectivity index (χ0n) is 5.29. The quantitative estimate of drug-likeness (QED) is 0.205. The van der Waals surface area contributed by atoms with Gasteiger partial charge in [0.1, 0.15) is 12.1 Å². The molecular weight excluding hydrogens is 140 g/mol. The molecule has 0 aliphatic rings. The van der Waals surface area contributed by atoms with Gasteiger partial charge in [-0.25, -0.2) is 0 Å². The van der Waals surface area contributed by atoms with E-state index in [9.17, 15) is 0 Å². The van der Waals surface area contributed by atoms with Gasteiger partial charge in [-0.1, -0.05) is 5.16 Å². The average molecular weight is 141 g/mol. The first-order valence-corrected chi connectivity index (χ1v) is 1.37. The normalized spacial score (nSPS) is 4.22. The first-order chi connectivity index (χ1) is 3.35. The second kappa shape index (κ2) is 11.3. The molecule has 1 N–H and O–H groups in total. The third-order valence-corrected chi connectivity index (χ3v) is 0.312. The fraction of sp³-hybridized carbons (Fsp3) is 0. The maximum atomic E-state index is 7.76. The molecule has 0 bridgehead atoms. The van der Waals surface area contributed by atoms with Gasteiger partial charge >= 0.3 is 0 Å². The monoisotopic (exact) mass is 141 g/mol. The number of rotatable bonds is 0. The molecule has 0 atom stereocenters. The fourth-order valence-electron chi connectivity index (χ4n) is 0.0697. The molecule has 9 heavy (non-hydrogen) atoms. The van der Waals surface area contributed by atoms with Crippen molar-refractivity contribution < 1.29 is 5.21 Å². The van der Waals surface area contributed by atoms with Crippen LogP contribution < -0.4 is 0 Å². The van der Waals surface area contributed by atoms with Crippen molar-refractivity contribution in [1.29, 1.82) is 10.5 Å². The Morgan fingerprint density at radius 1 is 1.22 bits per heavy atom. The van der Waals surface area contributed by atoms with Crippen LogP contribution >= 0.6 is 0 Å². The molecule has 6 heteroatoms. The van der Waals surface area contributed by atoms with Gasteiger partial charge in [0.15, 0.2) is 0 Å². The van der Waals surface area contributed by atoms with E-state index in [-0.39, 0.29) is 59.1 Å². The first-order valence-electron chi connectivity index (χ1n) is 1.37. The van der Waals surface area contributed by atoms with E-state index in [0.29, 0.717) is 0 Å². The van der Waals surface area contributed by atoms with Gasteiger partial charge in [0, 0.05) is 59.1 Å².